The summed E-state index contributed by atoms with van der Waals surface area (Å²) in [5, 5.41) is 9.64. The monoisotopic (exact) mass is 466 g/mol. The van der Waals surface area contributed by atoms with Crippen LogP contribution in [0.1, 0.15) is 32.8 Å². The number of ether oxygens (including phenoxy) is 1. The molecule has 2 aliphatic heterocycles. The highest BCUT2D eigenvalue weighted by Gasteiger charge is 2.66. The maximum absolute atomic E-state index is 15.4. The summed E-state index contributed by atoms with van der Waals surface area (Å²) < 4.78 is 21.9. The number of halogens is 1. The highest BCUT2D eigenvalue weighted by Crippen LogP contribution is 2.58. The molecule has 1 saturated heterocycles. The van der Waals surface area contributed by atoms with Crippen LogP contribution in [0.25, 0.3) is 0 Å². The Morgan fingerprint density at radius 2 is 1.94 bits per heavy atom. The average Bonchev–Trinajstić information content (AvgIpc) is 3.23. The van der Waals surface area contributed by atoms with Crippen molar-refractivity contribution in [3.8, 4) is 0 Å². The summed E-state index contributed by atoms with van der Waals surface area (Å²) in [5.41, 5.74) is -0.551. The summed E-state index contributed by atoms with van der Waals surface area (Å²) in [6.45, 7) is 8.69. The molecule has 4 rings (SSSR count). The van der Waals surface area contributed by atoms with Gasteiger partial charge in [-0.3, -0.25) is 14.5 Å². The lowest BCUT2D eigenvalue weighted by Gasteiger charge is -2.32. The molecule has 1 spiro atoms. The Hall–Kier alpha value is -3.03. The zero-order valence-electron chi connectivity index (χ0n) is 19.8. The van der Waals surface area contributed by atoms with E-state index in [0.29, 0.717) is 22.6 Å². The molecule has 0 aromatic heterocycles. The Labute approximate surface area is 199 Å². The number of carbonyl (C=O) groups excluding carboxylic acids is 2. The van der Waals surface area contributed by atoms with Crippen molar-refractivity contribution in [2.45, 2.75) is 44.6 Å². The van der Waals surface area contributed by atoms with Crippen molar-refractivity contribution in [3.05, 3.63) is 66.7 Å². The van der Waals surface area contributed by atoms with Crippen LogP contribution >= 0.6 is 0 Å². The van der Waals surface area contributed by atoms with Gasteiger partial charge >= 0.3 is 0 Å². The van der Waals surface area contributed by atoms with Crippen LogP contribution in [0.15, 0.2) is 61.2 Å². The molecule has 2 aromatic carbocycles. The lowest BCUT2D eigenvalue weighted by Crippen LogP contribution is -2.45. The summed E-state index contributed by atoms with van der Waals surface area (Å²) >= 11 is 0. The van der Waals surface area contributed by atoms with Crippen LogP contribution < -0.4 is 9.80 Å². The van der Waals surface area contributed by atoms with Gasteiger partial charge in [0.1, 0.15) is 5.67 Å². The molecule has 7 heteroatoms. The molecule has 6 nitrogen and oxygen atoms in total. The summed E-state index contributed by atoms with van der Waals surface area (Å²) in [5.74, 6) is -1.40. The predicted molar refractivity (Wildman–Crippen MR) is 130 cm³/mol. The molecule has 2 aliphatic rings. The third-order valence-electron chi connectivity index (χ3n) is 7.09. The lowest BCUT2D eigenvalue weighted by atomic mass is 9.71. The first-order chi connectivity index (χ1) is 16.2. The number of nitrogens with zero attached hydrogens (tertiary/aromatic N) is 2. The van der Waals surface area contributed by atoms with E-state index in [0.717, 1.165) is 6.41 Å². The van der Waals surface area contributed by atoms with Gasteiger partial charge in [0, 0.05) is 41.9 Å². The number of alkyl halides is 1. The molecule has 2 amide bonds. The van der Waals surface area contributed by atoms with E-state index in [2.05, 4.69) is 6.58 Å². The largest absolute Gasteiger partial charge is 0.396 e. The van der Waals surface area contributed by atoms with Crippen LogP contribution in [0.4, 0.5) is 21.5 Å². The smallest absolute Gasteiger partial charge is 0.264 e. The lowest BCUT2D eigenvalue weighted by molar-refractivity contribution is -0.146. The fourth-order valence-corrected chi connectivity index (χ4v) is 5.75. The molecular formula is C27H31FN2O4. The number of fused-ring (bicyclic) bond motifs is 2. The predicted octanol–water partition coefficient (Wildman–Crippen LogP) is 4.49. The first-order valence-corrected chi connectivity index (χ1v) is 11.5. The van der Waals surface area contributed by atoms with E-state index in [1.54, 1.807) is 29.2 Å². The van der Waals surface area contributed by atoms with Crippen LogP contribution in [-0.2, 0) is 19.9 Å². The van der Waals surface area contributed by atoms with Gasteiger partial charge in [0.25, 0.3) is 5.91 Å². The van der Waals surface area contributed by atoms with Crippen LogP contribution in [-0.4, -0.2) is 42.3 Å². The topological polar surface area (TPSA) is 70.1 Å². The van der Waals surface area contributed by atoms with E-state index in [4.69, 9.17) is 4.74 Å². The second kappa shape index (κ2) is 8.96. The van der Waals surface area contributed by atoms with Crippen molar-refractivity contribution in [3.63, 3.8) is 0 Å². The molecule has 0 saturated carbocycles. The second-order valence-corrected chi connectivity index (χ2v) is 9.50. The minimum Gasteiger partial charge on any atom is -0.396 e. The van der Waals surface area contributed by atoms with E-state index in [1.807, 2.05) is 37.3 Å². The molecule has 0 unspecified atom stereocenters. The Balaban J connectivity index is 1.89. The van der Waals surface area contributed by atoms with E-state index in [1.165, 1.54) is 18.7 Å². The Morgan fingerprint density at radius 1 is 1.24 bits per heavy atom. The molecule has 1 N–H and O–H groups in total. The number of rotatable bonds is 8. The van der Waals surface area contributed by atoms with Gasteiger partial charge in [0.05, 0.1) is 11.8 Å². The van der Waals surface area contributed by atoms with Crippen LogP contribution in [0, 0.1) is 11.8 Å². The van der Waals surface area contributed by atoms with Crippen molar-refractivity contribution in [1.29, 1.82) is 0 Å². The first kappa shape index (κ1) is 24.1. The Kier molecular flexibility index (Phi) is 6.36. The normalized spacial score (nSPS) is 26.1. The van der Waals surface area contributed by atoms with Gasteiger partial charge < -0.3 is 14.7 Å². The van der Waals surface area contributed by atoms with E-state index >= 15 is 4.39 Å². The van der Waals surface area contributed by atoms with Gasteiger partial charge in [0.2, 0.25) is 6.41 Å². The average molecular weight is 467 g/mol. The van der Waals surface area contributed by atoms with Crippen LogP contribution in [0.5, 0.6) is 0 Å². The second-order valence-electron chi connectivity index (χ2n) is 9.50. The zero-order valence-corrected chi connectivity index (χ0v) is 19.8. The van der Waals surface area contributed by atoms with Gasteiger partial charge in [-0.2, -0.15) is 0 Å². The molecule has 4 atom stereocenters. The van der Waals surface area contributed by atoms with E-state index in [-0.39, 0.29) is 25.5 Å². The van der Waals surface area contributed by atoms with E-state index < -0.39 is 29.2 Å². The van der Waals surface area contributed by atoms with Gasteiger partial charge in [-0.05, 0) is 50.6 Å². The quantitative estimate of drug-likeness (QED) is 0.460. The van der Waals surface area contributed by atoms with Crippen molar-refractivity contribution in [1.82, 2.24) is 0 Å². The minimum atomic E-state index is -1.63. The maximum Gasteiger partial charge on any atom is 0.264 e. The number of benzene rings is 2. The molecule has 2 aromatic rings. The Morgan fingerprint density at radius 3 is 2.53 bits per heavy atom. The number of para-hydroxylation sites is 1. The molecule has 180 valence electrons. The van der Waals surface area contributed by atoms with E-state index in [9.17, 15) is 14.7 Å². The van der Waals surface area contributed by atoms with Gasteiger partial charge in [0.15, 0.2) is 5.60 Å². The van der Waals surface area contributed by atoms with Gasteiger partial charge in [-0.25, -0.2) is 4.39 Å². The molecule has 2 heterocycles. The summed E-state index contributed by atoms with van der Waals surface area (Å²) in [6, 6.07) is 14.6. The molecule has 0 bridgehead atoms. The summed E-state index contributed by atoms with van der Waals surface area (Å²) in [6.07, 6.45) is 1.94. The third kappa shape index (κ3) is 3.63. The molecular weight excluding hydrogens is 435 g/mol. The zero-order chi connectivity index (χ0) is 24.7. The fraction of sp³-hybridized carbons (Fsp3) is 0.407. The number of aliphatic hydroxyl groups is 1. The van der Waals surface area contributed by atoms with Gasteiger partial charge in [-0.1, -0.05) is 31.2 Å². The van der Waals surface area contributed by atoms with Crippen molar-refractivity contribution < 1.29 is 23.8 Å². The molecule has 0 radical (unpaired) electrons. The number of hydrogen-bond donors (Lipinski definition) is 1. The van der Waals surface area contributed by atoms with Crippen molar-refractivity contribution in [2.24, 2.45) is 11.8 Å². The third-order valence-corrected chi connectivity index (χ3v) is 7.09. The highest BCUT2D eigenvalue weighted by atomic mass is 19.1. The summed E-state index contributed by atoms with van der Waals surface area (Å²) in [7, 11) is 0. The summed E-state index contributed by atoms with van der Waals surface area (Å²) in [4.78, 5) is 29.1. The molecule has 0 aliphatic carbocycles. The molecule has 34 heavy (non-hydrogen) atoms. The first-order valence-electron chi connectivity index (χ1n) is 11.5. The van der Waals surface area contributed by atoms with Crippen molar-refractivity contribution in [2.75, 3.05) is 23.0 Å². The number of carbonyl (C=O) groups is 2. The van der Waals surface area contributed by atoms with Gasteiger partial charge in [-0.15, -0.1) is 6.58 Å². The van der Waals surface area contributed by atoms with Crippen LogP contribution in [0.3, 0.4) is 0 Å². The number of amides is 2. The molecule has 1 fully saturated rings. The SMILES string of the molecule is C=CCN1C(=O)[C@]2(O[C@H](CCO)[C@@H](C(C)(C)F)[C@@H]2C)c2cc(N(C=O)c3ccccc3)ccc21. The van der Waals surface area contributed by atoms with Crippen molar-refractivity contribution >= 4 is 29.4 Å². The minimum absolute atomic E-state index is 0.176. The maximum atomic E-state index is 15.4. The Bertz CT molecular complexity index is 1080. The number of anilines is 3. The van der Waals surface area contributed by atoms with Crippen LogP contribution in [0.2, 0.25) is 0 Å². The standard InChI is InChI=1S/C27H31FN2O4/c1-5-14-29-22-12-11-20(30(17-32)19-9-7-6-8-10-19)16-21(22)27(25(29)33)18(2)24(26(3,4)28)23(34-27)13-15-31/h5-12,16-18,23-24,31H,1,13-15H2,2-4H3/t18-,23+,24-,27+/m0/s1. The number of aliphatic hydroxyl groups excluding tert-OH is 1. The highest BCUT2D eigenvalue weighted by molar-refractivity contribution is 6.08. The number of hydrogen-bond acceptors (Lipinski definition) is 4. The fourth-order valence-electron chi connectivity index (χ4n) is 5.75.